The normalized spacial score (nSPS) is 11.9. The van der Waals surface area contributed by atoms with Crippen LogP contribution in [-0.2, 0) is 22.5 Å². The molecular weight excluding hydrogens is 355 g/mol. The third kappa shape index (κ3) is 4.00. The van der Waals surface area contributed by atoms with Gasteiger partial charge in [-0.2, -0.15) is 4.99 Å². The van der Waals surface area contributed by atoms with Gasteiger partial charge in [0.25, 0.3) is 5.91 Å². The van der Waals surface area contributed by atoms with Crippen molar-refractivity contribution in [2.75, 3.05) is 20.8 Å². The molecule has 0 spiro atoms. The molecule has 1 heterocycles. The van der Waals surface area contributed by atoms with Crippen molar-refractivity contribution in [1.82, 2.24) is 4.57 Å². The minimum atomic E-state index is -0.337. The van der Waals surface area contributed by atoms with Crippen LogP contribution in [0.5, 0.6) is 5.75 Å². The first-order valence-electron chi connectivity index (χ1n) is 8.09. The van der Waals surface area contributed by atoms with Crippen molar-refractivity contribution >= 4 is 27.5 Å². The minimum absolute atomic E-state index is 0.151. The summed E-state index contributed by atoms with van der Waals surface area (Å²) in [6.45, 7) is 0.820. The molecule has 1 amide bonds. The van der Waals surface area contributed by atoms with Gasteiger partial charge in [0.15, 0.2) is 4.80 Å². The second-order valence-electron chi connectivity index (χ2n) is 5.65. The van der Waals surface area contributed by atoms with Crippen molar-refractivity contribution in [1.29, 1.82) is 0 Å². The Balaban J connectivity index is 1.97. The van der Waals surface area contributed by atoms with Crippen molar-refractivity contribution in [3.8, 4) is 5.75 Å². The number of fused-ring (bicyclic) bond motifs is 1. The lowest BCUT2D eigenvalue weighted by molar-refractivity contribution is -0.117. The lowest BCUT2D eigenvalue weighted by atomic mass is 10.1. The van der Waals surface area contributed by atoms with E-state index >= 15 is 0 Å². The lowest BCUT2D eigenvalue weighted by Crippen LogP contribution is -2.20. The zero-order valence-corrected chi connectivity index (χ0v) is 15.4. The van der Waals surface area contributed by atoms with Gasteiger partial charge in [-0.3, -0.25) is 4.79 Å². The number of carbonyl (C=O) groups excluding carboxylic acids is 1. The molecule has 1 aromatic heterocycles. The summed E-state index contributed by atoms with van der Waals surface area (Å²) in [5.41, 5.74) is 1.26. The maximum atomic E-state index is 14.3. The highest BCUT2D eigenvalue weighted by molar-refractivity contribution is 7.16. The minimum Gasteiger partial charge on any atom is -0.497 e. The molecule has 26 heavy (non-hydrogen) atoms. The van der Waals surface area contributed by atoms with Crippen molar-refractivity contribution in [2.45, 2.75) is 13.0 Å². The second kappa shape index (κ2) is 8.25. The smallest absolute Gasteiger partial charge is 0.252 e. The van der Waals surface area contributed by atoms with E-state index in [-0.39, 0.29) is 18.1 Å². The van der Waals surface area contributed by atoms with Crippen LogP contribution in [0.1, 0.15) is 5.56 Å². The Bertz CT molecular complexity index is 994. The van der Waals surface area contributed by atoms with Crippen LogP contribution < -0.4 is 9.54 Å². The number of benzene rings is 2. The maximum absolute atomic E-state index is 14.3. The molecule has 136 valence electrons. The van der Waals surface area contributed by atoms with E-state index in [1.165, 1.54) is 17.4 Å². The summed E-state index contributed by atoms with van der Waals surface area (Å²) in [4.78, 5) is 17.1. The first-order valence-corrected chi connectivity index (χ1v) is 8.91. The fourth-order valence-corrected chi connectivity index (χ4v) is 3.75. The maximum Gasteiger partial charge on any atom is 0.252 e. The van der Waals surface area contributed by atoms with Crippen molar-refractivity contribution in [2.24, 2.45) is 4.99 Å². The molecule has 0 aliphatic heterocycles. The van der Waals surface area contributed by atoms with Gasteiger partial charge in [-0.15, -0.1) is 0 Å². The van der Waals surface area contributed by atoms with Crippen LogP contribution in [0, 0.1) is 5.82 Å². The largest absolute Gasteiger partial charge is 0.497 e. The van der Waals surface area contributed by atoms with E-state index in [0.29, 0.717) is 29.2 Å². The highest BCUT2D eigenvalue weighted by Gasteiger charge is 2.12. The van der Waals surface area contributed by atoms with Gasteiger partial charge >= 0.3 is 0 Å². The number of methoxy groups -OCH3 is 2. The Morgan fingerprint density at radius 3 is 2.81 bits per heavy atom. The number of carbonyl (C=O) groups is 1. The summed E-state index contributed by atoms with van der Waals surface area (Å²) in [6.07, 6.45) is 0.151. The average Bonchev–Trinajstić information content (AvgIpc) is 2.98. The molecule has 0 bridgehead atoms. The van der Waals surface area contributed by atoms with E-state index < -0.39 is 0 Å². The molecule has 7 heteroatoms. The predicted octanol–water partition coefficient (Wildman–Crippen LogP) is 3.17. The Hall–Kier alpha value is -2.51. The second-order valence-corrected chi connectivity index (χ2v) is 6.66. The molecule has 0 N–H and O–H groups in total. The quantitative estimate of drug-likeness (QED) is 0.666. The van der Waals surface area contributed by atoms with Gasteiger partial charge in [0.05, 0.1) is 30.4 Å². The van der Waals surface area contributed by atoms with Crippen LogP contribution in [0.15, 0.2) is 47.5 Å². The monoisotopic (exact) mass is 374 g/mol. The van der Waals surface area contributed by atoms with E-state index in [0.717, 1.165) is 10.3 Å². The number of ether oxygens (including phenoxy) is 2. The number of nitrogens with zero attached hydrogens (tertiary/aromatic N) is 2. The number of halogens is 1. The molecule has 0 atom stereocenters. The van der Waals surface area contributed by atoms with Crippen LogP contribution in [-0.4, -0.2) is 31.3 Å². The fraction of sp³-hybridized carbons (Fsp3) is 0.263. The van der Waals surface area contributed by atoms with E-state index in [1.54, 1.807) is 30.9 Å². The van der Waals surface area contributed by atoms with Crippen molar-refractivity contribution < 1.29 is 18.7 Å². The van der Waals surface area contributed by atoms with Crippen LogP contribution in [0.25, 0.3) is 10.2 Å². The summed E-state index contributed by atoms with van der Waals surface area (Å²) < 4.78 is 27.0. The molecule has 2 aromatic carbocycles. The van der Waals surface area contributed by atoms with Crippen LogP contribution in [0.2, 0.25) is 0 Å². The van der Waals surface area contributed by atoms with Crippen LogP contribution in [0.4, 0.5) is 4.39 Å². The van der Waals surface area contributed by atoms with Gasteiger partial charge in [0, 0.05) is 13.7 Å². The van der Waals surface area contributed by atoms with Crippen molar-refractivity contribution in [3.05, 3.63) is 58.6 Å². The van der Waals surface area contributed by atoms with Gasteiger partial charge in [0.1, 0.15) is 11.6 Å². The topological polar surface area (TPSA) is 52.8 Å². The predicted molar refractivity (Wildman–Crippen MR) is 98.9 cm³/mol. The molecule has 0 saturated heterocycles. The number of hydrogen-bond acceptors (Lipinski definition) is 4. The summed E-state index contributed by atoms with van der Waals surface area (Å²) in [5, 5.41) is 0. The van der Waals surface area contributed by atoms with Crippen molar-refractivity contribution in [3.63, 3.8) is 0 Å². The third-order valence-corrected chi connectivity index (χ3v) is 4.92. The van der Waals surface area contributed by atoms with Gasteiger partial charge in [-0.05, 0) is 29.8 Å². The lowest BCUT2D eigenvalue weighted by Gasteiger charge is -2.05. The highest BCUT2D eigenvalue weighted by atomic mass is 32.1. The summed E-state index contributed by atoms with van der Waals surface area (Å²) in [7, 11) is 3.16. The van der Waals surface area contributed by atoms with E-state index in [2.05, 4.69) is 4.99 Å². The first kappa shape index (κ1) is 18.3. The molecule has 3 rings (SSSR count). The van der Waals surface area contributed by atoms with E-state index in [1.807, 2.05) is 24.3 Å². The molecule has 0 radical (unpaired) electrons. The Labute approximate surface area is 154 Å². The standard InChI is InChI=1S/C19H19FN2O3S/c1-24-10-9-22-18-15(20)7-4-8-16(18)26-19(22)21-17(23)12-13-5-3-6-14(11-13)25-2/h3-8,11H,9-10,12H2,1-2H3. The molecule has 5 nitrogen and oxygen atoms in total. The summed E-state index contributed by atoms with van der Waals surface area (Å²) in [5.74, 6) is 0.0577. The summed E-state index contributed by atoms with van der Waals surface area (Å²) in [6, 6.07) is 12.2. The van der Waals surface area contributed by atoms with Gasteiger partial charge in [-0.25, -0.2) is 4.39 Å². The molecule has 0 unspecified atom stereocenters. The SMILES string of the molecule is COCCn1c(=NC(=O)Cc2cccc(OC)c2)sc2cccc(F)c21. The number of rotatable bonds is 6. The Morgan fingerprint density at radius 1 is 1.23 bits per heavy atom. The highest BCUT2D eigenvalue weighted by Crippen LogP contribution is 2.20. The van der Waals surface area contributed by atoms with Gasteiger partial charge in [0.2, 0.25) is 0 Å². The summed E-state index contributed by atoms with van der Waals surface area (Å²) >= 11 is 1.29. The molecule has 3 aromatic rings. The molecule has 0 fully saturated rings. The Kier molecular flexibility index (Phi) is 5.80. The number of aromatic nitrogens is 1. The molecular formula is C19H19FN2O3S. The third-order valence-electron chi connectivity index (χ3n) is 3.88. The number of amides is 1. The van der Waals surface area contributed by atoms with Gasteiger partial charge < -0.3 is 14.0 Å². The average molecular weight is 374 g/mol. The van der Waals surface area contributed by atoms with Gasteiger partial charge in [-0.1, -0.05) is 29.5 Å². The number of para-hydroxylation sites is 1. The number of thiazole rings is 1. The van der Waals surface area contributed by atoms with Crippen LogP contribution >= 0.6 is 11.3 Å². The Morgan fingerprint density at radius 2 is 2.04 bits per heavy atom. The van der Waals surface area contributed by atoms with Crippen LogP contribution in [0.3, 0.4) is 0 Å². The molecule has 0 aliphatic carbocycles. The molecule has 0 aliphatic rings. The van der Waals surface area contributed by atoms with E-state index in [9.17, 15) is 9.18 Å². The zero-order valence-electron chi connectivity index (χ0n) is 14.6. The first-order chi connectivity index (χ1) is 12.6. The molecule has 0 saturated carbocycles. The number of hydrogen-bond donors (Lipinski definition) is 0. The zero-order chi connectivity index (χ0) is 18.5. The van der Waals surface area contributed by atoms with E-state index in [4.69, 9.17) is 9.47 Å². The fourth-order valence-electron chi connectivity index (χ4n) is 2.67.